The van der Waals surface area contributed by atoms with Gasteiger partial charge in [0.05, 0.1) is 10.6 Å². The van der Waals surface area contributed by atoms with Crippen molar-refractivity contribution in [3.8, 4) is 0 Å². The second-order valence-electron chi connectivity index (χ2n) is 2.22. The molecule has 72 valence electrons. The van der Waals surface area contributed by atoms with Crippen molar-refractivity contribution in [2.45, 2.75) is 3.79 Å². The van der Waals surface area contributed by atoms with Crippen LogP contribution in [0.3, 0.4) is 0 Å². The van der Waals surface area contributed by atoms with Crippen molar-refractivity contribution in [1.82, 2.24) is 0 Å². The highest BCUT2D eigenvalue weighted by molar-refractivity contribution is 6.67. The van der Waals surface area contributed by atoms with Gasteiger partial charge in [0.1, 0.15) is 0 Å². The van der Waals surface area contributed by atoms with Gasteiger partial charge in [-0.3, -0.25) is 0 Å². The number of rotatable bonds is 0. The molecule has 0 unspecified atom stereocenters. The minimum atomic E-state index is -2.07. The van der Waals surface area contributed by atoms with E-state index in [-0.39, 0.29) is 5.02 Å². The van der Waals surface area contributed by atoms with Crippen LogP contribution in [0.15, 0.2) is 12.1 Å². The molecule has 0 saturated carbocycles. The molecule has 0 aromatic heterocycles. The van der Waals surface area contributed by atoms with Gasteiger partial charge < -0.3 is 0 Å². The summed E-state index contributed by atoms with van der Waals surface area (Å²) in [5.41, 5.74) is -0.473. The second-order valence-corrected chi connectivity index (χ2v) is 4.90. The Balaban J connectivity index is 3.43. The SMILES string of the molecule is Fc1ccc(Cl)c(C(Cl)(Cl)Cl)c1F. The van der Waals surface area contributed by atoms with Gasteiger partial charge in [-0.2, -0.15) is 0 Å². The van der Waals surface area contributed by atoms with Gasteiger partial charge >= 0.3 is 0 Å². The summed E-state index contributed by atoms with van der Waals surface area (Å²) in [5.74, 6) is -2.35. The first-order chi connectivity index (χ1) is 5.84. The third-order valence-corrected chi connectivity index (χ3v) is 2.21. The summed E-state index contributed by atoms with van der Waals surface area (Å²) in [7, 11) is 0. The number of halogens is 6. The van der Waals surface area contributed by atoms with E-state index < -0.39 is 21.0 Å². The first kappa shape index (κ1) is 11.3. The molecular weight excluding hydrogens is 264 g/mol. The normalized spacial score (nSPS) is 11.8. The van der Waals surface area contributed by atoms with E-state index in [0.29, 0.717) is 0 Å². The zero-order chi connectivity index (χ0) is 10.2. The predicted molar refractivity (Wildman–Crippen MR) is 50.6 cm³/mol. The van der Waals surface area contributed by atoms with Crippen LogP contribution in [-0.2, 0) is 3.79 Å². The second kappa shape index (κ2) is 3.77. The molecule has 0 spiro atoms. The standard InChI is InChI=1S/C7H2Cl4F2/c8-3-1-2-4(12)6(13)5(3)7(9,10)11/h1-2H. The van der Waals surface area contributed by atoms with Crippen LogP contribution < -0.4 is 0 Å². The molecule has 0 nitrogen and oxygen atoms in total. The van der Waals surface area contributed by atoms with E-state index in [2.05, 4.69) is 0 Å². The molecule has 1 aromatic carbocycles. The Morgan fingerprint density at radius 2 is 1.62 bits per heavy atom. The highest BCUT2D eigenvalue weighted by Crippen LogP contribution is 2.43. The van der Waals surface area contributed by atoms with Crippen LogP contribution in [0.1, 0.15) is 5.56 Å². The van der Waals surface area contributed by atoms with E-state index in [1.165, 1.54) is 0 Å². The van der Waals surface area contributed by atoms with Crippen molar-refractivity contribution < 1.29 is 8.78 Å². The van der Waals surface area contributed by atoms with Crippen molar-refractivity contribution in [2.24, 2.45) is 0 Å². The number of hydrogen-bond donors (Lipinski definition) is 0. The molecule has 0 bridgehead atoms. The lowest BCUT2D eigenvalue weighted by Crippen LogP contribution is -2.06. The summed E-state index contributed by atoms with van der Waals surface area (Å²) in [6.07, 6.45) is 0. The van der Waals surface area contributed by atoms with Crippen LogP contribution in [0.25, 0.3) is 0 Å². The molecule has 1 rings (SSSR count). The van der Waals surface area contributed by atoms with E-state index in [9.17, 15) is 8.78 Å². The summed E-state index contributed by atoms with van der Waals surface area (Å²) in [4.78, 5) is 0. The molecule has 0 amide bonds. The maximum Gasteiger partial charge on any atom is 0.220 e. The minimum absolute atomic E-state index is 0.126. The zero-order valence-electron chi connectivity index (χ0n) is 5.92. The van der Waals surface area contributed by atoms with E-state index >= 15 is 0 Å². The largest absolute Gasteiger partial charge is 0.220 e. The number of hydrogen-bond acceptors (Lipinski definition) is 0. The predicted octanol–water partition coefficient (Wildman–Crippen LogP) is 4.44. The van der Waals surface area contributed by atoms with Gasteiger partial charge in [0.2, 0.25) is 3.79 Å². The van der Waals surface area contributed by atoms with Crippen LogP contribution in [0.5, 0.6) is 0 Å². The van der Waals surface area contributed by atoms with Crippen molar-refractivity contribution in [3.05, 3.63) is 34.4 Å². The molecule has 1 aromatic rings. The molecule has 0 aliphatic carbocycles. The molecule has 6 heteroatoms. The van der Waals surface area contributed by atoms with E-state index in [1.54, 1.807) is 0 Å². The minimum Gasteiger partial charge on any atom is -0.204 e. The molecular formula is C7H2Cl4F2. The third-order valence-electron chi connectivity index (χ3n) is 1.33. The fourth-order valence-electron chi connectivity index (χ4n) is 0.787. The summed E-state index contributed by atoms with van der Waals surface area (Å²) in [6, 6.07) is 1.98. The van der Waals surface area contributed by atoms with Crippen LogP contribution in [0.2, 0.25) is 5.02 Å². The molecule has 0 heterocycles. The van der Waals surface area contributed by atoms with Crippen LogP contribution in [0, 0.1) is 11.6 Å². The van der Waals surface area contributed by atoms with Gasteiger partial charge in [0, 0.05) is 0 Å². The Labute approximate surface area is 93.3 Å². The van der Waals surface area contributed by atoms with Gasteiger partial charge in [0.25, 0.3) is 0 Å². The maximum atomic E-state index is 13.0. The molecule has 0 saturated heterocycles. The van der Waals surface area contributed by atoms with Crippen molar-refractivity contribution in [1.29, 1.82) is 0 Å². The molecule has 0 atom stereocenters. The first-order valence-electron chi connectivity index (χ1n) is 3.04. The summed E-state index contributed by atoms with van der Waals surface area (Å²) < 4.78 is 23.7. The van der Waals surface area contributed by atoms with Crippen molar-refractivity contribution >= 4 is 46.4 Å². The van der Waals surface area contributed by atoms with Crippen molar-refractivity contribution in [3.63, 3.8) is 0 Å². The fourth-order valence-corrected chi connectivity index (χ4v) is 1.77. The van der Waals surface area contributed by atoms with E-state index in [1.807, 2.05) is 0 Å². The molecule has 0 N–H and O–H groups in total. The lowest BCUT2D eigenvalue weighted by Gasteiger charge is -2.14. The summed E-state index contributed by atoms with van der Waals surface area (Å²) in [6.45, 7) is 0. The number of benzene rings is 1. The van der Waals surface area contributed by atoms with Crippen molar-refractivity contribution in [2.75, 3.05) is 0 Å². The van der Waals surface area contributed by atoms with Gasteiger partial charge in [-0.15, -0.1) is 0 Å². The molecule has 0 aliphatic heterocycles. The lowest BCUT2D eigenvalue weighted by molar-refractivity contribution is 0.500. The lowest BCUT2D eigenvalue weighted by atomic mass is 10.2. The Bertz CT molecular complexity index is 332. The van der Waals surface area contributed by atoms with Gasteiger partial charge in [-0.1, -0.05) is 46.4 Å². The zero-order valence-corrected chi connectivity index (χ0v) is 8.95. The molecule has 13 heavy (non-hydrogen) atoms. The summed E-state index contributed by atoms with van der Waals surface area (Å²) >= 11 is 21.7. The Morgan fingerprint density at radius 1 is 1.08 bits per heavy atom. The topological polar surface area (TPSA) is 0 Å². The highest BCUT2D eigenvalue weighted by Gasteiger charge is 2.31. The molecule has 0 aliphatic rings. The Hall–Kier alpha value is 0.240. The quantitative estimate of drug-likeness (QED) is 0.480. The maximum absolute atomic E-state index is 13.0. The first-order valence-corrected chi connectivity index (χ1v) is 4.56. The van der Waals surface area contributed by atoms with Gasteiger partial charge in [-0.25, -0.2) is 8.78 Å². The highest BCUT2D eigenvalue weighted by atomic mass is 35.6. The average molecular weight is 266 g/mol. The smallest absolute Gasteiger partial charge is 0.204 e. The Morgan fingerprint density at radius 3 is 2.00 bits per heavy atom. The van der Waals surface area contributed by atoms with Crippen LogP contribution in [0.4, 0.5) is 8.78 Å². The summed E-state index contributed by atoms with van der Waals surface area (Å²) in [5, 5.41) is -0.126. The molecule has 0 fully saturated rings. The monoisotopic (exact) mass is 264 g/mol. The average Bonchev–Trinajstić information content (AvgIpc) is 1.95. The van der Waals surface area contributed by atoms with Gasteiger partial charge in [-0.05, 0) is 12.1 Å². The van der Waals surface area contributed by atoms with Crippen LogP contribution in [-0.4, -0.2) is 0 Å². The third kappa shape index (κ3) is 2.38. The number of alkyl halides is 3. The fraction of sp³-hybridized carbons (Fsp3) is 0.143. The van der Waals surface area contributed by atoms with Gasteiger partial charge in [0.15, 0.2) is 11.6 Å². The Kier molecular flexibility index (Phi) is 3.29. The van der Waals surface area contributed by atoms with E-state index in [0.717, 1.165) is 12.1 Å². The van der Waals surface area contributed by atoms with E-state index in [4.69, 9.17) is 46.4 Å². The van der Waals surface area contributed by atoms with Crippen LogP contribution >= 0.6 is 46.4 Å². The molecule has 0 radical (unpaired) electrons.